The fourth-order valence-corrected chi connectivity index (χ4v) is 3.22. The lowest BCUT2D eigenvalue weighted by molar-refractivity contribution is -0.117. The zero-order chi connectivity index (χ0) is 19.2. The average molecular weight is 394 g/mol. The molecule has 5 nitrogen and oxygen atoms in total. The molecule has 0 atom stereocenters. The van der Waals surface area contributed by atoms with Crippen molar-refractivity contribution in [1.29, 1.82) is 0 Å². The molecule has 0 radical (unpaired) electrons. The van der Waals surface area contributed by atoms with Gasteiger partial charge in [0.25, 0.3) is 5.76 Å². The first kappa shape index (κ1) is 19.4. The topological polar surface area (TPSA) is 50.8 Å². The van der Waals surface area contributed by atoms with Gasteiger partial charge in [0, 0.05) is 17.1 Å². The van der Waals surface area contributed by atoms with Gasteiger partial charge in [0.05, 0.1) is 6.54 Å². The van der Waals surface area contributed by atoms with E-state index < -0.39 is 5.76 Å². The van der Waals surface area contributed by atoms with Crippen molar-refractivity contribution in [2.45, 2.75) is 17.2 Å². The number of rotatable bonds is 7. The van der Waals surface area contributed by atoms with E-state index in [1.165, 1.54) is 0 Å². The Kier molecular flexibility index (Phi) is 6.52. The highest BCUT2D eigenvalue weighted by Gasteiger charge is 2.13. The van der Waals surface area contributed by atoms with Crippen LogP contribution in [0.1, 0.15) is 5.56 Å². The lowest BCUT2D eigenvalue weighted by atomic mass is 10.2. The first-order valence-corrected chi connectivity index (χ1v) is 9.29. The second-order valence-electron chi connectivity index (χ2n) is 6.10. The van der Waals surface area contributed by atoms with Crippen molar-refractivity contribution in [3.63, 3.8) is 0 Å². The molecule has 0 spiro atoms. The molecule has 0 saturated carbocycles. The summed E-state index contributed by atoms with van der Waals surface area (Å²) in [6.07, 6.45) is 0. The monoisotopic (exact) mass is 394 g/mol. The van der Waals surface area contributed by atoms with E-state index in [2.05, 4.69) is 5.32 Å². The third-order valence-electron chi connectivity index (χ3n) is 3.84. The van der Waals surface area contributed by atoms with Crippen LogP contribution in [-0.4, -0.2) is 43.4 Å². The van der Waals surface area contributed by atoms with Crippen molar-refractivity contribution >= 4 is 23.4 Å². The van der Waals surface area contributed by atoms with Gasteiger partial charge in [-0.1, -0.05) is 17.8 Å². The van der Waals surface area contributed by atoms with Crippen LogP contribution in [0.4, 0.5) is 14.5 Å². The van der Waals surface area contributed by atoms with Gasteiger partial charge in [0.1, 0.15) is 13.2 Å². The Hall–Kier alpha value is -2.32. The van der Waals surface area contributed by atoms with Gasteiger partial charge in [-0.05, 0) is 49.0 Å². The van der Waals surface area contributed by atoms with Crippen molar-refractivity contribution in [2.24, 2.45) is 0 Å². The van der Waals surface area contributed by atoms with Gasteiger partial charge in [-0.25, -0.2) is 0 Å². The predicted octanol–water partition coefficient (Wildman–Crippen LogP) is 3.84. The first-order chi connectivity index (χ1) is 13.0. The fourth-order valence-electron chi connectivity index (χ4n) is 2.72. The number of ether oxygens (including phenoxy) is 2. The molecule has 1 N–H and O–H groups in total. The van der Waals surface area contributed by atoms with E-state index >= 15 is 0 Å². The van der Waals surface area contributed by atoms with Crippen LogP contribution in [0.5, 0.6) is 11.5 Å². The summed E-state index contributed by atoms with van der Waals surface area (Å²) in [5, 5.41) is 2.77. The van der Waals surface area contributed by atoms with Crippen LogP contribution in [0.25, 0.3) is 0 Å². The maximum Gasteiger partial charge on any atom is 0.288 e. The van der Waals surface area contributed by atoms with Crippen molar-refractivity contribution in [1.82, 2.24) is 4.90 Å². The maximum absolute atomic E-state index is 12.3. The molecule has 0 saturated heterocycles. The maximum atomic E-state index is 12.3. The van der Waals surface area contributed by atoms with Crippen molar-refractivity contribution in [3.8, 4) is 11.5 Å². The number of fused-ring (bicyclic) bond motifs is 1. The average Bonchev–Trinajstić information content (AvgIpc) is 2.62. The SMILES string of the molecule is CN(CC(=O)Nc1ccc(SC(F)F)cc1)Cc1ccc2c(c1)OCCO2. The van der Waals surface area contributed by atoms with Gasteiger partial charge >= 0.3 is 0 Å². The van der Waals surface area contributed by atoms with E-state index in [1.54, 1.807) is 24.3 Å². The summed E-state index contributed by atoms with van der Waals surface area (Å²) in [4.78, 5) is 14.5. The number of carbonyl (C=O) groups excluding carboxylic acids is 1. The van der Waals surface area contributed by atoms with Gasteiger partial charge in [0.15, 0.2) is 11.5 Å². The van der Waals surface area contributed by atoms with E-state index in [-0.39, 0.29) is 12.5 Å². The highest BCUT2D eigenvalue weighted by Crippen LogP contribution is 2.31. The number of anilines is 1. The first-order valence-electron chi connectivity index (χ1n) is 8.41. The van der Waals surface area contributed by atoms with Gasteiger partial charge in [-0.15, -0.1) is 0 Å². The Morgan fingerprint density at radius 2 is 1.85 bits per heavy atom. The molecule has 2 aromatic rings. The molecule has 1 heterocycles. The van der Waals surface area contributed by atoms with Crippen molar-refractivity contribution in [2.75, 3.05) is 32.1 Å². The molecule has 0 fully saturated rings. The normalized spacial score (nSPS) is 13.1. The second-order valence-corrected chi connectivity index (χ2v) is 7.16. The summed E-state index contributed by atoms with van der Waals surface area (Å²) in [5.74, 6) is -1.18. The molecule has 0 bridgehead atoms. The smallest absolute Gasteiger partial charge is 0.288 e. The highest BCUT2D eigenvalue weighted by atomic mass is 32.2. The number of nitrogens with one attached hydrogen (secondary N) is 1. The number of amides is 1. The third-order valence-corrected chi connectivity index (χ3v) is 4.56. The Morgan fingerprint density at radius 1 is 1.15 bits per heavy atom. The minimum absolute atomic E-state index is 0.177. The summed E-state index contributed by atoms with van der Waals surface area (Å²) in [5.41, 5.74) is 1.59. The van der Waals surface area contributed by atoms with Gasteiger partial charge < -0.3 is 14.8 Å². The number of halogens is 2. The molecule has 8 heteroatoms. The molecular formula is C19H20F2N2O3S. The van der Waals surface area contributed by atoms with Crippen molar-refractivity contribution in [3.05, 3.63) is 48.0 Å². The fraction of sp³-hybridized carbons (Fsp3) is 0.316. The minimum Gasteiger partial charge on any atom is -0.486 e. The van der Waals surface area contributed by atoms with Crippen LogP contribution in [0.2, 0.25) is 0 Å². The van der Waals surface area contributed by atoms with Crippen LogP contribution in [0.15, 0.2) is 47.4 Å². The molecule has 27 heavy (non-hydrogen) atoms. The van der Waals surface area contributed by atoms with E-state index in [4.69, 9.17) is 9.47 Å². The number of hydrogen-bond donors (Lipinski definition) is 1. The second kappa shape index (κ2) is 9.05. The predicted molar refractivity (Wildman–Crippen MR) is 101 cm³/mol. The Morgan fingerprint density at radius 3 is 2.56 bits per heavy atom. The third kappa shape index (κ3) is 5.83. The largest absolute Gasteiger partial charge is 0.486 e. The lowest BCUT2D eigenvalue weighted by Gasteiger charge is -2.21. The van der Waals surface area contributed by atoms with Crippen LogP contribution in [-0.2, 0) is 11.3 Å². The number of benzene rings is 2. The molecule has 1 aliphatic heterocycles. The molecular weight excluding hydrogens is 374 g/mol. The molecule has 0 aromatic heterocycles. The van der Waals surface area contributed by atoms with Crippen LogP contribution >= 0.6 is 11.8 Å². The summed E-state index contributed by atoms with van der Waals surface area (Å²) in [6.45, 7) is 1.85. The number of carbonyl (C=O) groups is 1. The molecule has 3 rings (SSSR count). The quantitative estimate of drug-likeness (QED) is 0.723. The van der Waals surface area contributed by atoms with E-state index in [0.717, 1.165) is 17.1 Å². The van der Waals surface area contributed by atoms with Crippen molar-refractivity contribution < 1.29 is 23.0 Å². The molecule has 0 aliphatic carbocycles. The Labute approximate surface area is 160 Å². The Bertz CT molecular complexity index is 787. The summed E-state index contributed by atoms with van der Waals surface area (Å²) < 4.78 is 35.7. The molecule has 1 amide bonds. The van der Waals surface area contributed by atoms with E-state index in [1.807, 2.05) is 30.1 Å². The minimum atomic E-state index is -2.46. The van der Waals surface area contributed by atoms with E-state index in [0.29, 0.717) is 42.1 Å². The zero-order valence-corrected chi connectivity index (χ0v) is 15.6. The van der Waals surface area contributed by atoms with Gasteiger partial charge in [-0.3, -0.25) is 9.69 Å². The lowest BCUT2D eigenvalue weighted by Crippen LogP contribution is -2.29. The van der Waals surface area contributed by atoms with E-state index in [9.17, 15) is 13.6 Å². The number of hydrogen-bond acceptors (Lipinski definition) is 5. The molecule has 144 valence electrons. The Balaban J connectivity index is 1.50. The van der Waals surface area contributed by atoms with Crippen LogP contribution in [0, 0.1) is 0 Å². The summed E-state index contributed by atoms with van der Waals surface area (Å²) in [7, 11) is 1.85. The molecule has 1 aliphatic rings. The summed E-state index contributed by atoms with van der Waals surface area (Å²) in [6, 6.07) is 12.1. The number of nitrogens with zero attached hydrogens (tertiary/aromatic N) is 1. The number of thioether (sulfide) groups is 1. The molecule has 0 unspecified atom stereocenters. The number of alkyl halides is 2. The molecule has 2 aromatic carbocycles. The number of likely N-dealkylation sites (N-methyl/N-ethyl adjacent to an activating group) is 1. The summed E-state index contributed by atoms with van der Waals surface area (Å²) >= 11 is 0.474. The van der Waals surface area contributed by atoms with Gasteiger partial charge in [0.2, 0.25) is 5.91 Å². The van der Waals surface area contributed by atoms with Crippen LogP contribution < -0.4 is 14.8 Å². The van der Waals surface area contributed by atoms with Crippen LogP contribution in [0.3, 0.4) is 0 Å². The van der Waals surface area contributed by atoms with Gasteiger partial charge in [-0.2, -0.15) is 8.78 Å². The standard InChI is InChI=1S/C19H20F2N2O3S/c1-23(11-13-2-7-16-17(10-13)26-9-8-25-16)12-18(24)22-14-3-5-15(6-4-14)27-19(20)21/h2-7,10,19H,8-9,11-12H2,1H3,(H,22,24). The zero-order valence-electron chi connectivity index (χ0n) is 14.8. The highest BCUT2D eigenvalue weighted by molar-refractivity contribution is 7.99.